The number of fused-ring (bicyclic) bond motifs is 6. The van der Waals surface area contributed by atoms with E-state index >= 15 is 0 Å². The summed E-state index contributed by atoms with van der Waals surface area (Å²) in [6.45, 7) is 8.64. The van der Waals surface area contributed by atoms with Crippen LogP contribution in [0.2, 0.25) is 0 Å². The lowest BCUT2D eigenvalue weighted by molar-refractivity contribution is 0.410. The van der Waals surface area contributed by atoms with E-state index in [0.717, 1.165) is 50.7 Å². The lowest BCUT2D eigenvalue weighted by atomic mass is 9.34. The molecule has 0 fully saturated rings. The Labute approximate surface area is 391 Å². The summed E-state index contributed by atoms with van der Waals surface area (Å²) in [5.41, 5.74) is 23.4. The quantitative estimate of drug-likeness (QED) is 0.123. The van der Waals surface area contributed by atoms with Crippen molar-refractivity contribution in [3.63, 3.8) is 0 Å². The Balaban J connectivity index is 1.06. The SMILES string of the molecule is C=CC1=C(C=C)C2c3ccccc3C1c1cccc(-c3ccc4c(c3)[Si](c3ccccc3)(c3ccccc3)c3ccccc3N4c3cccc4c3OC3=C=C=CC5=C3B4c3ccccc3O5)c12. The predicted molar refractivity (Wildman–Crippen MR) is 276 cm³/mol. The van der Waals surface area contributed by atoms with Gasteiger partial charge in [0, 0.05) is 34.8 Å². The van der Waals surface area contributed by atoms with Crippen molar-refractivity contribution >= 4 is 63.5 Å². The molecule has 15 rings (SSSR count). The number of para-hydroxylation sites is 3. The van der Waals surface area contributed by atoms with Gasteiger partial charge in [0.2, 0.25) is 0 Å². The van der Waals surface area contributed by atoms with Crippen LogP contribution in [0.1, 0.15) is 34.1 Å². The molecule has 0 saturated heterocycles. The molecule has 0 aromatic heterocycles. The number of benzene rings is 8. The summed E-state index contributed by atoms with van der Waals surface area (Å²) in [7, 11) is -3.07. The topological polar surface area (TPSA) is 21.7 Å². The van der Waals surface area contributed by atoms with Crippen molar-refractivity contribution in [2.75, 3.05) is 4.90 Å². The van der Waals surface area contributed by atoms with Crippen LogP contribution in [0.5, 0.6) is 11.5 Å². The molecule has 8 aromatic carbocycles. The smallest absolute Gasteiger partial charge is 0.261 e. The highest BCUT2D eigenvalue weighted by Gasteiger charge is 2.51. The summed E-state index contributed by atoms with van der Waals surface area (Å²) in [5.74, 6) is 3.19. The molecular formula is C62H40BNO2Si. The second-order valence-corrected chi connectivity index (χ2v) is 21.8. The Morgan fingerprint density at radius 3 is 1.97 bits per heavy atom. The number of nitrogens with zero attached hydrogens (tertiary/aromatic N) is 1. The maximum absolute atomic E-state index is 7.11. The fourth-order valence-corrected chi connectivity index (χ4v) is 17.7. The molecule has 67 heavy (non-hydrogen) atoms. The Bertz CT molecular complexity index is 3640. The highest BCUT2D eigenvalue weighted by molar-refractivity contribution is 7.21. The maximum atomic E-state index is 7.11. The number of rotatable bonds is 6. The third-order valence-corrected chi connectivity index (χ3v) is 19.9. The fraction of sp³-hybridized carbons (Fsp3) is 0.0323. The van der Waals surface area contributed by atoms with Crippen molar-refractivity contribution in [1.82, 2.24) is 0 Å². The Morgan fingerprint density at radius 2 is 1.18 bits per heavy atom. The van der Waals surface area contributed by atoms with Crippen molar-refractivity contribution in [2.45, 2.75) is 11.8 Å². The molecule has 0 amide bonds. The van der Waals surface area contributed by atoms with E-state index in [-0.39, 0.29) is 18.5 Å². The Morgan fingerprint density at radius 1 is 0.552 bits per heavy atom. The van der Waals surface area contributed by atoms with Crippen LogP contribution in [0, 0.1) is 0 Å². The molecule has 7 aliphatic rings. The maximum Gasteiger partial charge on any atom is 0.261 e. The minimum absolute atomic E-state index is 0.0390. The molecule has 0 saturated carbocycles. The third kappa shape index (κ3) is 5.08. The van der Waals surface area contributed by atoms with Gasteiger partial charge in [-0.1, -0.05) is 195 Å². The van der Waals surface area contributed by atoms with Crippen LogP contribution in [0.25, 0.3) is 11.1 Å². The summed E-state index contributed by atoms with van der Waals surface area (Å²) in [4.78, 5) is 2.47. The van der Waals surface area contributed by atoms with Gasteiger partial charge < -0.3 is 14.4 Å². The minimum atomic E-state index is -3.07. The Kier molecular flexibility index (Phi) is 8.14. The van der Waals surface area contributed by atoms with Crippen LogP contribution in [-0.2, 0) is 0 Å². The predicted octanol–water partition coefficient (Wildman–Crippen LogP) is 10.2. The van der Waals surface area contributed by atoms with Crippen molar-refractivity contribution in [3.8, 4) is 22.6 Å². The van der Waals surface area contributed by atoms with E-state index in [1.165, 1.54) is 65.3 Å². The average Bonchev–Trinajstić information content (AvgIpc) is 3.40. The molecule has 0 spiro atoms. The van der Waals surface area contributed by atoms with E-state index in [9.17, 15) is 0 Å². The van der Waals surface area contributed by atoms with Gasteiger partial charge in [0.25, 0.3) is 6.71 Å². The summed E-state index contributed by atoms with van der Waals surface area (Å²) in [5, 5.41) is 5.30. The van der Waals surface area contributed by atoms with Crippen LogP contribution < -0.4 is 46.0 Å². The number of anilines is 3. The Hall–Kier alpha value is -8.30. The second-order valence-electron chi connectivity index (χ2n) is 18.1. The van der Waals surface area contributed by atoms with Gasteiger partial charge in [-0.3, -0.25) is 0 Å². The van der Waals surface area contributed by atoms with Gasteiger partial charge in [-0.2, -0.15) is 0 Å². The lowest BCUT2D eigenvalue weighted by Gasteiger charge is -2.46. The van der Waals surface area contributed by atoms with Crippen LogP contribution in [-0.4, -0.2) is 14.8 Å². The van der Waals surface area contributed by atoms with E-state index in [4.69, 9.17) is 9.47 Å². The molecule has 312 valence electrons. The van der Waals surface area contributed by atoms with Crippen molar-refractivity contribution in [2.24, 2.45) is 0 Å². The van der Waals surface area contributed by atoms with Crippen LogP contribution in [0.3, 0.4) is 0 Å². The molecule has 4 aliphatic carbocycles. The van der Waals surface area contributed by atoms with Gasteiger partial charge in [0.05, 0.1) is 5.69 Å². The first kappa shape index (κ1) is 38.0. The largest absolute Gasteiger partial charge is 0.458 e. The first-order valence-electron chi connectivity index (χ1n) is 23.1. The number of hydrogen-bond acceptors (Lipinski definition) is 3. The average molecular weight is 870 g/mol. The van der Waals surface area contributed by atoms with Crippen LogP contribution >= 0.6 is 0 Å². The second kappa shape index (κ2) is 14.3. The molecule has 2 atom stereocenters. The standard InChI is InChI=1S/C62H40BNO2Si/c1-3-42-43(4-2)59-46-25-12-11-24-45(46)58(42)47-27-17-26-44(60(47)59)39-36-37-51-57(38-39)67(40-20-7-5-8-21-40,41-22-9-6-10-23-41)56-35-16-14-30-50(56)64(51)52-31-18-29-49-62(52)66-55-34-19-33-54-61(55)63(49)48-28-13-15-32-53(48)65-54/h3-18,20-33,35-38,58-59H,1-2H2. The summed E-state index contributed by atoms with van der Waals surface area (Å²) < 4.78 is 13.6. The third-order valence-electron chi connectivity index (χ3n) is 15.1. The van der Waals surface area contributed by atoms with Gasteiger partial charge >= 0.3 is 0 Å². The van der Waals surface area contributed by atoms with Gasteiger partial charge in [-0.25, -0.2) is 0 Å². The number of hydrogen-bond donors (Lipinski definition) is 0. The van der Waals surface area contributed by atoms with E-state index in [2.05, 4.69) is 224 Å². The first-order valence-corrected chi connectivity index (χ1v) is 25.1. The van der Waals surface area contributed by atoms with Gasteiger partial charge in [-0.15, -0.1) is 0 Å². The van der Waals surface area contributed by atoms with E-state index in [1.54, 1.807) is 0 Å². The summed E-state index contributed by atoms with van der Waals surface area (Å²) in [6.07, 6.45) is 6.02. The van der Waals surface area contributed by atoms with Crippen LogP contribution in [0.15, 0.2) is 259 Å². The molecule has 2 unspecified atom stereocenters. The molecule has 8 aromatic rings. The zero-order valence-corrected chi connectivity index (χ0v) is 37.5. The highest BCUT2D eigenvalue weighted by Crippen LogP contribution is 2.58. The first-order chi connectivity index (χ1) is 33.2. The highest BCUT2D eigenvalue weighted by atomic mass is 28.3. The molecule has 0 radical (unpaired) electrons. The molecule has 3 nitrogen and oxygen atoms in total. The molecular weight excluding hydrogens is 830 g/mol. The molecule has 0 N–H and O–H groups in total. The minimum Gasteiger partial charge on any atom is -0.458 e. The zero-order valence-electron chi connectivity index (χ0n) is 36.5. The molecule has 2 bridgehead atoms. The lowest BCUT2D eigenvalue weighted by Crippen LogP contribution is -2.77. The van der Waals surface area contributed by atoms with Crippen molar-refractivity contribution < 1.29 is 9.47 Å². The number of allylic oxidation sites excluding steroid dienone is 6. The normalized spacial score (nSPS) is 17.9. The zero-order chi connectivity index (χ0) is 44.4. The monoisotopic (exact) mass is 869 g/mol. The van der Waals surface area contributed by atoms with Crippen LogP contribution in [0.4, 0.5) is 17.1 Å². The molecule has 3 heterocycles. The molecule has 5 heteroatoms. The number of ether oxygens (including phenoxy) is 2. The van der Waals surface area contributed by atoms with Gasteiger partial charge in [-0.05, 0) is 106 Å². The van der Waals surface area contributed by atoms with E-state index < -0.39 is 8.07 Å². The van der Waals surface area contributed by atoms with Gasteiger partial charge in [0.15, 0.2) is 13.8 Å². The molecule has 3 aliphatic heterocycles. The van der Waals surface area contributed by atoms with E-state index in [1.807, 2.05) is 12.1 Å². The van der Waals surface area contributed by atoms with Crippen molar-refractivity contribution in [3.05, 3.63) is 281 Å². The van der Waals surface area contributed by atoms with E-state index in [0.29, 0.717) is 5.76 Å². The summed E-state index contributed by atoms with van der Waals surface area (Å²) in [6, 6.07) is 69.8. The fourth-order valence-electron chi connectivity index (χ4n) is 12.5. The van der Waals surface area contributed by atoms with Crippen molar-refractivity contribution in [1.29, 1.82) is 0 Å². The van der Waals surface area contributed by atoms with Gasteiger partial charge in [0.1, 0.15) is 17.3 Å². The summed E-state index contributed by atoms with van der Waals surface area (Å²) >= 11 is 0.